The third-order valence-electron chi connectivity index (χ3n) is 6.16. The van der Waals surface area contributed by atoms with Gasteiger partial charge in [0.15, 0.2) is 23.2 Å². The maximum atomic E-state index is 13.8. The lowest BCUT2D eigenvalue weighted by Gasteiger charge is -2.45. The third kappa shape index (κ3) is 3.49. The number of nitrogens with zero attached hydrogens (tertiary/aromatic N) is 5. The zero-order valence-electron chi connectivity index (χ0n) is 18.1. The first kappa shape index (κ1) is 22.3. The summed E-state index contributed by atoms with van der Waals surface area (Å²) in [5, 5.41) is 8.42. The van der Waals surface area contributed by atoms with Gasteiger partial charge in [-0.25, -0.2) is 9.37 Å². The topological polar surface area (TPSA) is 82.4 Å². The fourth-order valence-electron chi connectivity index (χ4n) is 4.53. The van der Waals surface area contributed by atoms with Gasteiger partial charge in [-0.1, -0.05) is 6.07 Å². The largest absolute Gasteiger partial charge is 0.494 e. The number of fused-ring (bicyclic) bond motifs is 4. The van der Waals surface area contributed by atoms with E-state index in [2.05, 4.69) is 15.2 Å². The Morgan fingerprint density at radius 2 is 2.03 bits per heavy atom. The number of carbonyl (C=O) groups excluding carboxylic acids is 1. The van der Waals surface area contributed by atoms with E-state index in [1.807, 2.05) is 0 Å². The first-order valence-corrected chi connectivity index (χ1v) is 10.4. The predicted octanol–water partition coefficient (Wildman–Crippen LogP) is 3.41. The van der Waals surface area contributed by atoms with Gasteiger partial charge in [0.25, 0.3) is 5.91 Å². The number of methoxy groups -OCH3 is 1. The highest BCUT2D eigenvalue weighted by molar-refractivity contribution is 5.96. The summed E-state index contributed by atoms with van der Waals surface area (Å²) in [6.45, 7) is 1.83. The van der Waals surface area contributed by atoms with Gasteiger partial charge in [0, 0.05) is 18.2 Å². The monoisotopic (exact) mass is 477 g/mol. The minimum atomic E-state index is -4.57. The number of benzene rings is 1. The highest BCUT2D eigenvalue weighted by atomic mass is 19.4. The minimum absolute atomic E-state index is 0.00138. The SMILES string of the molecule is COc1cc(-c2nnc3n2CC2COCC3N2C(=O)c2cccc(C(F)(F)F)c2C)ncc1F. The van der Waals surface area contributed by atoms with Crippen LogP contribution in [0.3, 0.4) is 0 Å². The molecule has 0 aliphatic carbocycles. The fourth-order valence-corrected chi connectivity index (χ4v) is 4.53. The van der Waals surface area contributed by atoms with E-state index in [-0.39, 0.29) is 36.6 Å². The molecule has 4 heterocycles. The van der Waals surface area contributed by atoms with Crippen LogP contribution >= 0.6 is 0 Å². The van der Waals surface area contributed by atoms with E-state index in [1.54, 1.807) is 4.57 Å². The van der Waals surface area contributed by atoms with Crippen molar-refractivity contribution in [3.63, 3.8) is 0 Å². The number of carbonyl (C=O) groups is 1. The van der Waals surface area contributed by atoms with Crippen molar-refractivity contribution < 1.29 is 31.8 Å². The van der Waals surface area contributed by atoms with E-state index in [4.69, 9.17) is 9.47 Å². The van der Waals surface area contributed by atoms with Crippen molar-refractivity contribution >= 4 is 5.91 Å². The summed E-state index contributed by atoms with van der Waals surface area (Å²) in [5.74, 6) is -0.373. The van der Waals surface area contributed by atoms with Crippen LogP contribution in [0.4, 0.5) is 17.6 Å². The molecule has 2 bridgehead atoms. The fraction of sp³-hybridized carbons (Fsp3) is 0.364. The van der Waals surface area contributed by atoms with Crippen molar-refractivity contribution in [2.45, 2.75) is 31.7 Å². The molecule has 0 N–H and O–H groups in total. The van der Waals surface area contributed by atoms with Crippen molar-refractivity contribution in [3.8, 4) is 17.3 Å². The van der Waals surface area contributed by atoms with E-state index in [9.17, 15) is 22.4 Å². The van der Waals surface area contributed by atoms with Gasteiger partial charge in [0.1, 0.15) is 11.7 Å². The lowest BCUT2D eigenvalue weighted by Crippen LogP contribution is -2.56. The number of rotatable bonds is 3. The first-order valence-electron chi connectivity index (χ1n) is 10.4. The highest BCUT2D eigenvalue weighted by Gasteiger charge is 2.45. The number of halogens is 4. The number of alkyl halides is 3. The minimum Gasteiger partial charge on any atom is -0.494 e. The molecule has 0 radical (unpaired) electrons. The van der Waals surface area contributed by atoms with E-state index in [0.717, 1.165) is 12.3 Å². The van der Waals surface area contributed by atoms with Crippen molar-refractivity contribution in [3.05, 3.63) is 58.8 Å². The second-order valence-corrected chi connectivity index (χ2v) is 8.09. The molecule has 2 aliphatic heterocycles. The van der Waals surface area contributed by atoms with Crippen LogP contribution in [0.2, 0.25) is 0 Å². The van der Waals surface area contributed by atoms with E-state index in [1.165, 1.54) is 37.1 Å². The molecule has 0 saturated carbocycles. The van der Waals surface area contributed by atoms with Crippen molar-refractivity contribution in [1.82, 2.24) is 24.6 Å². The van der Waals surface area contributed by atoms with Gasteiger partial charge < -0.3 is 18.9 Å². The molecule has 3 aromatic rings. The zero-order chi connectivity index (χ0) is 24.2. The molecule has 2 atom stereocenters. The number of hydrogen-bond donors (Lipinski definition) is 0. The standard InChI is InChI=1S/C22H19F4N5O3/c1-11-13(4-3-5-14(11)22(24,25)26)21(32)31-12-8-30-19(16-6-18(33-2)15(23)7-27-16)28-29-20(30)17(31)10-34-9-12/h3-7,12,17H,8-10H2,1-2H3. The van der Waals surface area contributed by atoms with Gasteiger partial charge in [0.2, 0.25) is 0 Å². The lowest BCUT2D eigenvalue weighted by atomic mass is 9.97. The van der Waals surface area contributed by atoms with Crippen LogP contribution < -0.4 is 4.74 Å². The summed E-state index contributed by atoms with van der Waals surface area (Å²) in [6.07, 6.45) is -3.55. The molecule has 12 heteroatoms. The Kier molecular flexibility index (Phi) is 5.27. The van der Waals surface area contributed by atoms with Crippen LogP contribution in [-0.2, 0) is 17.5 Å². The normalized spacial score (nSPS) is 19.6. The summed E-state index contributed by atoms with van der Waals surface area (Å²) in [5.41, 5.74) is -0.665. The molecule has 2 aliphatic rings. The lowest BCUT2D eigenvalue weighted by molar-refractivity contribution is -0.138. The molecule has 34 heavy (non-hydrogen) atoms. The van der Waals surface area contributed by atoms with Gasteiger partial charge in [-0.05, 0) is 24.6 Å². The van der Waals surface area contributed by atoms with E-state index in [0.29, 0.717) is 17.3 Å². The van der Waals surface area contributed by atoms with Gasteiger partial charge >= 0.3 is 6.18 Å². The van der Waals surface area contributed by atoms with E-state index >= 15 is 0 Å². The number of ether oxygens (including phenoxy) is 2. The number of hydrogen-bond acceptors (Lipinski definition) is 6. The molecule has 1 aromatic carbocycles. The molecule has 1 amide bonds. The van der Waals surface area contributed by atoms with Crippen LogP contribution in [0.15, 0.2) is 30.5 Å². The summed E-state index contributed by atoms with van der Waals surface area (Å²) in [4.78, 5) is 19.1. The molecule has 2 unspecified atom stereocenters. The Morgan fingerprint density at radius 3 is 2.76 bits per heavy atom. The van der Waals surface area contributed by atoms with Crippen LogP contribution in [0.5, 0.6) is 5.75 Å². The Labute approximate surface area is 191 Å². The second kappa shape index (κ2) is 8.05. The van der Waals surface area contributed by atoms with Gasteiger partial charge in [-0.2, -0.15) is 13.2 Å². The smallest absolute Gasteiger partial charge is 0.416 e. The number of amides is 1. The number of aromatic nitrogens is 4. The van der Waals surface area contributed by atoms with Gasteiger partial charge in [-0.15, -0.1) is 10.2 Å². The van der Waals surface area contributed by atoms with Crippen LogP contribution in [-0.4, -0.2) is 56.9 Å². The number of morpholine rings is 1. The van der Waals surface area contributed by atoms with Crippen LogP contribution in [0, 0.1) is 12.7 Å². The van der Waals surface area contributed by atoms with Crippen molar-refractivity contribution in [2.24, 2.45) is 0 Å². The van der Waals surface area contributed by atoms with Gasteiger partial charge in [0.05, 0.1) is 38.1 Å². The van der Waals surface area contributed by atoms with Crippen molar-refractivity contribution in [1.29, 1.82) is 0 Å². The molecule has 1 fully saturated rings. The molecule has 8 nitrogen and oxygen atoms in total. The zero-order valence-corrected chi connectivity index (χ0v) is 18.1. The Morgan fingerprint density at radius 1 is 1.24 bits per heavy atom. The van der Waals surface area contributed by atoms with E-state index < -0.39 is 35.5 Å². The van der Waals surface area contributed by atoms with Crippen molar-refractivity contribution in [2.75, 3.05) is 20.3 Å². The maximum Gasteiger partial charge on any atom is 0.416 e. The predicted molar refractivity (Wildman–Crippen MR) is 109 cm³/mol. The van der Waals surface area contributed by atoms with Crippen LogP contribution in [0.25, 0.3) is 11.5 Å². The average molecular weight is 477 g/mol. The summed E-state index contributed by atoms with van der Waals surface area (Å²) in [7, 11) is 1.34. The second-order valence-electron chi connectivity index (χ2n) is 8.09. The Balaban J connectivity index is 1.54. The summed E-state index contributed by atoms with van der Waals surface area (Å²) >= 11 is 0. The molecular formula is C22H19F4N5O3. The Bertz CT molecular complexity index is 1280. The maximum absolute atomic E-state index is 13.8. The summed E-state index contributed by atoms with van der Waals surface area (Å²) in [6, 6.07) is 3.86. The third-order valence-corrected chi connectivity index (χ3v) is 6.16. The molecule has 178 valence electrons. The summed E-state index contributed by atoms with van der Waals surface area (Å²) < 4.78 is 66.5. The number of pyridine rings is 1. The van der Waals surface area contributed by atoms with Crippen LogP contribution in [0.1, 0.15) is 33.4 Å². The molecular weight excluding hydrogens is 458 g/mol. The average Bonchev–Trinajstić information content (AvgIpc) is 3.21. The Hall–Kier alpha value is -3.54. The molecule has 0 spiro atoms. The molecule has 1 saturated heterocycles. The molecule has 5 rings (SSSR count). The first-order chi connectivity index (χ1) is 16.2. The highest BCUT2D eigenvalue weighted by Crippen LogP contribution is 2.38. The quantitative estimate of drug-likeness (QED) is 0.538. The molecule has 2 aromatic heterocycles. The van der Waals surface area contributed by atoms with Gasteiger partial charge in [-0.3, -0.25) is 4.79 Å².